The number of carbonyl (C=O) groups is 1. The normalized spacial score (nSPS) is 13.6. The molecule has 5 heteroatoms. The van der Waals surface area contributed by atoms with Gasteiger partial charge in [-0.2, -0.15) is 0 Å². The van der Waals surface area contributed by atoms with Crippen LogP contribution in [0, 0.1) is 6.92 Å². The number of ether oxygens (including phenoxy) is 1. The average Bonchev–Trinajstić information content (AvgIpc) is 3.59. The molecule has 2 aromatic heterocycles. The Hall–Kier alpha value is -2.95. The number of benzene rings is 1. The van der Waals surface area contributed by atoms with E-state index >= 15 is 0 Å². The summed E-state index contributed by atoms with van der Waals surface area (Å²) in [7, 11) is 0. The van der Waals surface area contributed by atoms with Gasteiger partial charge in [0.1, 0.15) is 5.56 Å². The summed E-state index contributed by atoms with van der Waals surface area (Å²) in [4.78, 5) is 30.1. The minimum Gasteiger partial charge on any atom is -0.462 e. The van der Waals surface area contributed by atoms with Crippen LogP contribution in [0.4, 0.5) is 0 Å². The van der Waals surface area contributed by atoms with Gasteiger partial charge in [-0.05, 0) is 68.4 Å². The van der Waals surface area contributed by atoms with E-state index in [2.05, 4.69) is 36.4 Å². The maximum atomic E-state index is 13.1. The van der Waals surface area contributed by atoms with Crippen molar-refractivity contribution in [3.8, 4) is 11.1 Å². The third-order valence-electron chi connectivity index (χ3n) is 5.97. The minimum absolute atomic E-state index is 0.116. The molecule has 0 spiro atoms. The first-order chi connectivity index (χ1) is 14.5. The molecule has 1 saturated carbocycles. The smallest absolute Gasteiger partial charge is 0.343 e. The number of hydrogen-bond donors (Lipinski definition) is 0. The molecule has 30 heavy (non-hydrogen) atoms. The number of pyridine rings is 2. The van der Waals surface area contributed by atoms with Crippen LogP contribution >= 0.6 is 0 Å². The van der Waals surface area contributed by atoms with Crippen LogP contribution in [0.15, 0.2) is 35.4 Å². The van der Waals surface area contributed by atoms with Crippen LogP contribution in [0.5, 0.6) is 0 Å². The lowest BCUT2D eigenvalue weighted by molar-refractivity contribution is 0.0524. The molecule has 156 valence electrons. The number of aromatic nitrogens is 2. The van der Waals surface area contributed by atoms with Crippen molar-refractivity contribution in [2.75, 3.05) is 6.61 Å². The zero-order valence-corrected chi connectivity index (χ0v) is 18.1. The monoisotopic (exact) mass is 404 g/mol. The van der Waals surface area contributed by atoms with Gasteiger partial charge >= 0.3 is 5.97 Å². The second kappa shape index (κ2) is 8.05. The summed E-state index contributed by atoms with van der Waals surface area (Å²) in [6.07, 6.45) is 7.59. The van der Waals surface area contributed by atoms with E-state index in [0.717, 1.165) is 53.6 Å². The van der Waals surface area contributed by atoms with Crippen molar-refractivity contribution in [2.45, 2.75) is 59.4 Å². The Balaban J connectivity index is 1.95. The third kappa shape index (κ3) is 3.42. The number of nitrogens with zero attached hydrogens (tertiary/aromatic N) is 2. The van der Waals surface area contributed by atoms with E-state index in [1.165, 1.54) is 5.56 Å². The lowest BCUT2D eigenvalue weighted by atomic mass is 9.95. The van der Waals surface area contributed by atoms with Crippen LogP contribution < -0.4 is 5.43 Å². The molecule has 1 aliphatic rings. The summed E-state index contributed by atoms with van der Waals surface area (Å²) < 4.78 is 7.23. The first-order valence-electron chi connectivity index (χ1n) is 10.8. The van der Waals surface area contributed by atoms with Gasteiger partial charge < -0.3 is 9.30 Å². The summed E-state index contributed by atoms with van der Waals surface area (Å²) >= 11 is 0. The number of hydrogen-bond acceptors (Lipinski definition) is 4. The quantitative estimate of drug-likeness (QED) is 0.542. The third-order valence-corrected chi connectivity index (χ3v) is 5.97. The standard InChI is InChI=1S/C25H28N2O3/c1-5-16-12-17(13-26-22(16)6-2)19-10-11-20-23(15(19)4)27(18-8-9-18)14-21(24(20)28)25(29)30-7-3/h10-14,18H,5-9H2,1-4H3. The first-order valence-corrected chi connectivity index (χ1v) is 10.8. The number of fused-ring (bicyclic) bond motifs is 1. The van der Waals surface area contributed by atoms with Gasteiger partial charge in [0.05, 0.1) is 12.1 Å². The molecule has 3 aromatic rings. The van der Waals surface area contributed by atoms with Gasteiger partial charge in [0, 0.05) is 35.1 Å². The van der Waals surface area contributed by atoms with Crippen molar-refractivity contribution in [1.29, 1.82) is 0 Å². The lowest BCUT2D eigenvalue weighted by Gasteiger charge is -2.17. The van der Waals surface area contributed by atoms with E-state index in [4.69, 9.17) is 4.74 Å². The van der Waals surface area contributed by atoms with Crippen molar-refractivity contribution in [3.05, 3.63) is 63.2 Å². The van der Waals surface area contributed by atoms with Gasteiger partial charge in [0.2, 0.25) is 5.43 Å². The fourth-order valence-electron chi connectivity index (χ4n) is 4.24. The molecule has 0 N–H and O–H groups in total. The van der Waals surface area contributed by atoms with E-state index in [-0.39, 0.29) is 17.6 Å². The maximum absolute atomic E-state index is 13.1. The predicted octanol–water partition coefficient (Wildman–Crippen LogP) is 5.01. The SMILES string of the molecule is CCOC(=O)c1cn(C2CC2)c2c(C)c(-c3cnc(CC)c(CC)c3)ccc2c1=O. The molecule has 4 rings (SSSR count). The van der Waals surface area contributed by atoms with E-state index < -0.39 is 5.97 Å². The van der Waals surface area contributed by atoms with E-state index in [0.29, 0.717) is 11.4 Å². The number of esters is 1. The van der Waals surface area contributed by atoms with Gasteiger partial charge in [-0.3, -0.25) is 9.78 Å². The predicted molar refractivity (Wildman–Crippen MR) is 119 cm³/mol. The van der Waals surface area contributed by atoms with Crippen LogP contribution in [0.2, 0.25) is 0 Å². The van der Waals surface area contributed by atoms with Crippen molar-refractivity contribution in [2.24, 2.45) is 0 Å². The van der Waals surface area contributed by atoms with Crippen LogP contribution in [0.1, 0.15) is 66.8 Å². The number of carbonyl (C=O) groups excluding carboxylic acids is 1. The first kappa shape index (κ1) is 20.3. The van der Waals surface area contributed by atoms with Crippen LogP contribution in [0.3, 0.4) is 0 Å². The van der Waals surface area contributed by atoms with Gasteiger partial charge in [0.15, 0.2) is 0 Å². The van der Waals surface area contributed by atoms with Gasteiger partial charge in [0.25, 0.3) is 0 Å². The molecule has 0 radical (unpaired) electrons. The zero-order chi connectivity index (χ0) is 21.4. The summed E-state index contributed by atoms with van der Waals surface area (Å²) in [6, 6.07) is 6.36. The summed E-state index contributed by atoms with van der Waals surface area (Å²) in [5, 5.41) is 0.572. The van der Waals surface area contributed by atoms with Crippen molar-refractivity contribution >= 4 is 16.9 Å². The highest BCUT2D eigenvalue weighted by Crippen LogP contribution is 2.39. The highest BCUT2D eigenvalue weighted by atomic mass is 16.5. The molecule has 5 nitrogen and oxygen atoms in total. The van der Waals surface area contributed by atoms with Gasteiger partial charge in [-0.15, -0.1) is 0 Å². The Labute approximate surface area is 176 Å². The maximum Gasteiger partial charge on any atom is 0.343 e. The van der Waals surface area contributed by atoms with Crippen molar-refractivity contribution in [3.63, 3.8) is 0 Å². The summed E-state index contributed by atoms with van der Waals surface area (Å²) in [5.74, 6) is -0.549. The number of rotatable bonds is 6. The molecular weight excluding hydrogens is 376 g/mol. The van der Waals surface area contributed by atoms with Gasteiger partial charge in [-0.1, -0.05) is 19.9 Å². The topological polar surface area (TPSA) is 61.2 Å². The van der Waals surface area contributed by atoms with E-state index in [1.807, 2.05) is 18.3 Å². The molecule has 0 bridgehead atoms. The van der Waals surface area contributed by atoms with Crippen molar-refractivity contribution in [1.82, 2.24) is 9.55 Å². The highest BCUT2D eigenvalue weighted by molar-refractivity contribution is 5.96. The molecule has 1 fully saturated rings. The molecule has 2 heterocycles. The zero-order valence-electron chi connectivity index (χ0n) is 18.1. The average molecular weight is 405 g/mol. The molecule has 0 atom stereocenters. The second-order valence-corrected chi connectivity index (χ2v) is 7.90. The number of aryl methyl sites for hydroxylation is 3. The fraction of sp³-hybridized carbons (Fsp3) is 0.400. The van der Waals surface area contributed by atoms with E-state index in [1.54, 1.807) is 13.1 Å². The molecule has 0 amide bonds. The van der Waals surface area contributed by atoms with E-state index in [9.17, 15) is 9.59 Å². The molecule has 0 aliphatic heterocycles. The Bertz CT molecular complexity index is 1190. The van der Waals surface area contributed by atoms with Crippen molar-refractivity contribution < 1.29 is 9.53 Å². The molecular formula is C25H28N2O3. The largest absolute Gasteiger partial charge is 0.462 e. The molecule has 0 unspecified atom stereocenters. The van der Waals surface area contributed by atoms with Gasteiger partial charge in [-0.25, -0.2) is 4.79 Å². The minimum atomic E-state index is -0.549. The van der Waals surface area contributed by atoms with Crippen LogP contribution in [-0.4, -0.2) is 22.1 Å². The fourth-order valence-corrected chi connectivity index (χ4v) is 4.24. The Morgan fingerprint density at radius 3 is 2.60 bits per heavy atom. The Kier molecular flexibility index (Phi) is 5.46. The molecule has 0 saturated heterocycles. The summed E-state index contributed by atoms with van der Waals surface area (Å²) in [6.45, 7) is 8.32. The second-order valence-electron chi connectivity index (χ2n) is 7.90. The Morgan fingerprint density at radius 2 is 1.97 bits per heavy atom. The molecule has 1 aliphatic carbocycles. The molecule has 1 aromatic carbocycles. The summed E-state index contributed by atoms with van der Waals surface area (Å²) in [5.41, 5.74) is 6.33. The lowest BCUT2D eigenvalue weighted by Crippen LogP contribution is -2.21. The van der Waals surface area contributed by atoms with Crippen LogP contribution in [0.25, 0.3) is 22.0 Å². The highest BCUT2D eigenvalue weighted by Gasteiger charge is 2.28. The Morgan fingerprint density at radius 1 is 1.20 bits per heavy atom. The van der Waals surface area contributed by atoms with Crippen LogP contribution in [-0.2, 0) is 17.6 Å².